The molecule has 2 saturated heterocycles. The summed E-state index contributed by atoms with van der Waals surface area (Å²) in [6, 6.07) is 14.9. The lowest BCUT2D eigenvalue weighted by molar-refractivity contribution is 0.216. The second kappa shape index (κ2) is 12.7. The van der Waals surface area contributed by atoms with Gasteiger partial charge in [-0.2, -0.15) is 15.1 Å². The molecule has 2 fully saturated rings. The lowest BCUT2D eigenvalue weighted by atomic mass is 10.2. The Labute approximate surface area is 228 Å². The molecule has 3 aromatic rings. The lowest BCUT2D eigenvalue weighted by Crippen LogP contribution is -2.24. The minimum atomic E-state index is 0.359. The van der Waals surface area contributed by atoms with Crippen LogP contribution in [0.4, 0.5) is 17.6 Å². The summed E-state index contributed by atoms with van der Waals surface area (Å²) in [7, 11) is 1.63. The average molecular weight is 537 g/mol. The van der Waals surface area contributed by atoms with Crippen LogP contribution in [-0.2, 0) is 0 Å². The standard InChI is InChI=1S/C28H33ClN6O3/c1-36-23-7-6-8-24(18-23)37-15-16-38-25-10-9-22(29)17-21(25)20-30-33-26-19-27(34-11-2-3-12-34)32-28(31-26)35-13-4-5-14-35/h6-10,17-20H,2-5,11-16H2,1H3,(H,31,32,33)/b30-20-. The smallest absolute Gasteiger partial charge is 0.229 e. The highest BCUT2D eigenvalue weighted by Crippen LogP contribution is 2.26. The molecule has 0 atom stereocenters. The Balaban J connectivity index is 1.24. The molecule has 0 radical (unpaired) electrons. The molecule has 2 aliphatic rings. The van der Waals surface area contributed by atoms with Gasteiger partial charge in [0, 0.05) is 48.9 Å². The van der Waals surface area contributed by atoms with Crippen LogP contribution in [0.1, 0.15) is 31.2 Å². The summed E-state index contributed by atoms with van der Waals surface area (Å²) in [6.07, 6.45) is 6.40. The predicted octanol–water partition coefficient (Wildman–Crippen LogP) is 5.24. The van der Waals surface area contributed by atoms with Crippen molar-refractivity contribution in [1.29, 1.82) is 0 Å². The van der Waals surface area contributed by atoms with Gasteiger partial charge >= 0.3 is 0 Å². The van der Waals surface area contributed by atoms with Gasteiger partial charge in [-0.15, -0.1) is 0 Å². The molecular formula is C28H33ClN6O3. The quantitative estimate of drug-likeness (QED) is 0.202. The van der Waals surface area contributed by atoms with E-state index >= 15 is 0 Å². The Morgan fingerprint density at radius 2 is 1.63 bits per heavy atom. The van der Waals surface area contributed by atoms with Crippen LogP contribution in [0.15, 0.2) is 53.6 Å². The van der Waals surface area contributed by atoms with Gasteiger partial charge < -0.3 is 24.0 Å². The third-order valence-corrected chi connectivity index (χ3v) is 6.76. The van der Waals surface area contributed by atoms with Crippen LogP contribution >= 0.6 is 11.6 Å². The van der Waals surface area contributed by atoms with Crippen molar-refractivity contribution >= 4 is 35.4 Å². The van der Waals surface area contributed by atoms with Crippen molar-refractivity contribution < 1.29 is 14.2 Å². The van der Waals surface area contributed by atoms with Crippen LogP contribution in [0.5, 0.6) is 17.2 Å². The van der Waals surface area contributed by atoms with Gasteiger partial charge in [0.1, 0.15) is 36.3 Å². The Kier molecular flexibility index (Phi) is 8.65. The summed E-state index contributed by atoms with van der Waals surface area (Å²) in [4.78, 5) is 14.1. The van der Waals surface area contributed by atoms with Crippen molar-refractivity contribution in [1.82, 2.24) is 9.97 Å². The molecule has 0 spiro atoms. The van der Waals surface area contributed by atoms with Crippen molar-refractivity contribution in [2.45, 2.75) is 25.7 Å². The molecule has 1 aromatic heterocycles. The third kappa shape index (κ3) is 6.77. The number of nitrogens with one attached hydrogen (secondary N) is 1. The molecule has 0 saturated carbocycles. The van der Waals surface area contributed by atoms with Crippen LogP contribution in [0.25, 0.3) is 0 Å². The van der Waals surface area contributed by atoms with E-state index < -0.39 is 0 Å². The molecule has 1 N–H and O–H groups in total. The van der Waals surface area contributed by atoms with Crippen LogP contribution in [0.3, 0.4) is 0 Å². The topological polar surface area (TPSA) is 84.3 Å². The zero-order chi connectivity index (χ0) is 26.2. The first-order chi connectivity index (χ1) is 18.7. The van der Waals surface area contributed by atoms with Gasteiger partial charge in [-0.05, 0) is 56.0 Å². The van der Waals surface area contributed by atoms with Crippen LogP contribution < -0.4 is 29.4 Å². The summed E-state index contributed by atoms with van der Waals surface area (Å²) in [5.74, 6) is 4.49. The Morgan fingerprint density at radius 1 is 0.895 bits per heavy atom. The summed E-state index contributed by atoms with van der Waals surface area (Å²) in [5.41, 5.74) is 3.85. The van der Waals surface area contributed by atoms with Gasteiger partial charge in [-0.25, -0.2) is 0 Å². The molecule has 2 aliphatic heterocycles. The first-order valence-corrected chi connectivity index (χ1v) is 13.4. The maximum Gasteiger partial charge on any atom is 0.229 e. The number of hydrogen-bond donors (Lipinski definition) is 1. The number of hydrazone groups is 1. The van der Waals surface area contributed by atoms with Crippen molar-refractivity contribution in [2.24, 2.45) is 5.10 Å². The fraction of sp³-hybridized carbons (Fsp3) is 0.393. The van der Waals surface area contributed by atoms with Crippen molar-refractivity contribution in [3.05, 3.63) is 59.1 Å². The number of rotatable bonds is 11. The van der Waals surface area contributed by atoms with E-state index in [0.29, 0.717) is 29.8 Å². The zero-order valence-corrected chi connectivity index (χ0v) is 22.4. The predicted molar refractivity (Wildman–Crippen MR) is 152 cm³/mol. The van der Waals surface area contributed by atoms with E-state index in [1.807, 2.05) is 42.5 Å². The lowest BCUT2D eigenvalue weighted by Gasteiger charge is -2.21. The number of halogens is 1. The second-order valence-corrected chi connectivity index (χ2v) is 9.66. The number of benzene rings is 2. The van der Waals surface area contributed by atoms with Crippen LogP contribution in [0, 0.1) is 0 Å². The van der Waals surface area contributed by atoms with Crippen LogP contribution in [0.2, 0.25) is 5.02 Å². The van der Waals surface area contributed by atoms with E-state index in [1.165, 1.54) is 25.7 Å². The number of methoxy groups -OCH3 is 1. The highest BCUT2D eigenvalue weighted by molar-refractivity contribution is 6.30. The first kappa shape index (κ1) is 25.9. The minimum Gasteiger partial charge on any atom is -0.497 e. The molecule has 0 aliphatic carbocycles. The minimum absolute atomic E-state index is 0.359. The molecule has 3 heterocycles. The second-order valence-electron chi connectivity index (χ2n) is 9.23. The maximum absolute atomic E-state index is 6.26. The normalized spacial score (nSPS) is 15.3. The fourth-order valence-electron chi connectivity index (χ4n) is 4.57. The Hall–Kier alpha value is -3.72. The van der Waals surface area contributed by atoms with Gasteiger partial charge in [-0.1, -0.05) is 17.7 Å². The molecule has 0 unspecified atom stereocenters. The van der Waals surface area contributed by atoms with Gasteiger partial charge in [0.2, 0.25) is 5.95 Å². The van der Waals surface area contributed by atoms with E-state index in [1.54, 1.807) is 19.4 Å². The number of anilines is 3. The molecule has 10 heteroatoms. The van der Waals surface area contributed by atoms with Crippen molar-refractivity contribution in [3.63, 3.8) is 0 Å². The van der Waals surface area contributed by atoms with E-state index in [9.17, 15) is 0 Å². The van der Waals surface area contributed by atoms with E-state index in [-0.39, 0.29) is 0 Å². The molecule has 0 amide bonds. The fourth-order valence-corrected chi connectivity index (χ4v) is 4.75. The van der Waals surface area contributed by atoms with Crippen molar-refractivity contribution in [3.8, 4) is 17.2 Å². The summed E-state index contributed by atoms with van der Waals surface area (Å²) in [5, 5.41) is 5.06. The summed E-state index contributed by atoms with van der Waals surface area (Å²) >= 11 is 6.26. The highest BCUT2D eigenvalue weighted by Gasteiger charge is 2.20. The SMILES string of the molecule is COc1cccc(OCCOc2ccc(Cl)cc2/C=N\Nc2cc(N3CCCC3)nc(N3CCCC3)n2)c1. The van der Waals surface area contributed by atoms with Gasteiger partial charge in [-0.3, -0.25) is 5.43 Å². The van der Waals surface area contributed by atoms with Gasteiger partial charge in [0.15, 0.2) is 5.82 Å². The number of hydrogen-bond acceptors (Lipinski definition) is 9. The zero-order valence-electron chi connectivity index (χ0n) is 21.6. The van der Waals surface area contributed by atoms with E-state index in [2.05, 4.69) is 20.3 Å². The molecule has 38 heavy (non-hydrogen) atoms. The largest absolute Gasteiger partial charge is 0.497 e. The monoisotopic (exact) mass is 536 g/mol. The molecule has 200 valence electrons. The van der Waals surface area contributed by atoms with Gasteiger partial charge in [0.25, 0.3) is 0 Å². The number of nitrogens with zero attached hydrogens (tertiary/aromatic N) is 5. The van der Waals surface area contributed by atoms with E-state index in [4.69, 9.17) is 35.8 Å². The van der Waals surface area contributed by atoms with Crippen LogP contribution in [-0.4, -0.2) is 62.7 Å². The molecular weight excluding hydrogens is 504 g/mol. The maximum atomic E-state index is 6.26. The molecule has 0 bridgehead atoms. The van der Waals surface area contributed by atoms with Gasteiger partial charge in [0.05, 0.1) is 13.3 Å². The van der Waals surface area contributed by atoms with Crippen molar-refractivity contribution in [2.75, 3.05) is 61.7 Å². The number of aromatic nitrogens is 2. The Bertz CT molecular complexity index is 1210. The average Bonchev–Trinajstić information content (AvgIpc) is 3.67. The van der Waals surface area contributed by atoms with E-state index in [0.717, 1.165) is 55.0 Å². The first-order valence-electron chi connectivity index (χ1n) is 13.1. The highest BCUT2D eigenvalue weighted by atomic mass is 35.5. The third-order valence-electron chi connectivity index (χ3n) is 6.53. The molecule has 2 aromatic carbocycles. The number of ether oxygens (including phenoxy) is 3. The molecule has 9 nitrogen and oxygen atoms in total. The molecule has 5 rings (SSSR count). The summed E-state index contributed by atoms with van der Waals surface area (Å²) < 4.78 is 17.0. The summed E-state index contributed by atoms with van der Waals surface area (Å²) in [6.45, 7) is 4.74. The Morgan fingerprint density at radius 3 is 2.42 bits per heavy atom.